The Kier molecular flexibility index (Phi) is 4.62. The summed E-state index contributed by atoms with van der Waals surface area (Å²) < 4.78 is 7.41. The van der Waals surface area contributed by atoms with E-state index in [0.29, 0.717) is 5.89 Å². The molecule has 0 aliphatic rings. The van der Waals surface area contributed by atoms with Crippen molar-refractivity contribution in [3.8, 4) is 33.5 Å². The highest BCUT2D eigenvalue weighted by atomic mass is 32.1. The highest BCUT2D eigenvalue weighted by Gasteiger charge is 2.24. The van der Waals surface area contributed by atoms with Gasteiger partial charge in [0.2, 0.25) is 5.89 Å². The number of oxazole rings is 1. The van der Waals surface area contributed by atoms with Crippen LogP contribution in [0.3, 0.4) is 0 Å². The van der Waals surface area contributed by atoms with Gasteiger partial charge in [-0.1, -0.05) is 72.8 Å². The van der Waals surface area contributed by atoms with Crippen LogP contribution in [0.15, 0.2) is 114 Å². The van der Waals surface area contributed by atoms with E-state index in [4.69, 9.17) is 24.4 Å². The van der Waals surface area contributed by atoms with Crippen LogP contribution >= 0.6 is 11.3 Å². The largest absolute Gasteiger partial charge is 0.436 e. The Labute approximate surface area is 221 Å². The minimum Gasteiger partial charge on any atom is -0.436 e. The van der Waals surface area contributed by atoms with E-state index in [2.05, 4.69) is 30.3 Å². The minimum absolute atomic E-state index is 0.530. The van der Waals surface area contributed by atoms with Gasteiger partial charge in [0, 0.05) is 10.8 Å². The Morgan fingerprint density at radius 2 is 1.26 bits per heavy atom. The molecular weight excluding hydrogens is 488 g/mol. The van der Waals surface area contributed by atoms with Crippen LogP contribution in [0.1, 0.15) is 0 Å². The molecule has 4 aromatic carbocycles. The van der Waals surface area contributed by atoms with Gasteiger partial charge in [-0.15, -0.1) is 11.3 Å². The summed E-state index contributed by atoms with van der Waals surface area (Å²) in [4.78, 5) is 20.1. The first-order valence-corrected chi connectivity index (χ1v) is 13.1. The summed E-state index contributed by atoms with van der Waals surface area (Å²) in [5.41, 5.74) is 6.61. The lowest BCUT2D eigenvalue weighted by Crippen LogP contribution is -1.97. The summed E-state index contributed by atoms with van der Waals surface area (Å²) in [7, 11) is 0. The van der Waals surface area contributed by atoms with Crippen molar-refractivity contribution in [2.24, 2.45) is 0 Å². The molecule has 0 atom stereocenters. The summed E-state index contributed by atoms with van der Waals surface area (Å²) in [6, 6.07) is 36.5. The van der Waals surface area contributed by atoms with Gasteiger partial charge in [-0.3, -0.25) is 0 Å². The summed E-state index contributed by atoms with van der Waals surface area (Å²) >= 11 is 1.62. The fraction of sp³-hybridized carbons (Fsp3) is 0. The Bertz CT molecular complexity index is 2090. The van der Waals surface area contributed by atoms with Crippen molar-refractivity contribution < 1.29 is 4.42 Å². The van der Waals surface area contributed by atoms with Crippen LogP contribution in [-0.2, 0) is 0 Å². The van der Waals surface area contributed by atoms with Gasteiger partial charge in [0.05, 0.1) is 32.7 Å². The predicted octanol–water partition coefficient (Wildman–Crippen LogP) is 8.53. The van der Waals surface area contributed by atoms with Gasteiger partial charge in [-0.2, -0.15) is 0 Å². The van der Waals surface area contributed by atoms with Crippen molar-refractivity contribution in [3.63, 3.8) is 0 Å². The van der Waals surface area contributed by atoms with Gasteiger partial charge in [0.1, 0.15) is 16.2 Å². The first-order chi connectivity index (χ1) is 18.8. The van der Waals surface area contributed by atoms with Crippen LogP contribution in [0, 0.1) is 0 Å². The molecule has 0 aliphatic carbocycles. The van der Waals surface area contributed by atoms with Crippen molar-refractivity contribution in [1.82, 2.24) is 19.9 Å². The van der Waals surface area contributed by atoms with Gasteiger partial charge in [0.15, 0.2) is 5.58 Å². The average molecular weight is 507 g/mol. The highest BCUT2D eigenvalue weighted by Crippen LogP contribution is 2.43. The van der Waals surface area contributed by atoms with Gasteiger partial charge in [-0.05, 0) is 41.8 Å². The highest BCUT2D eigenvalue weighted by molar-refractivity contribution is 7.21. The average Bonchev–Trinajstić information content (AvgIpc) is 3.60. The van der Waals surface area contributed by atoms with E-state index < -0.39 is 0 Å². The fourth-order valence-corrected chi connectivity index (χ4v) is 5.94. The van der Waals surface area contributed by atoms with Crippen molar-refractivity contribution in [1.29, 1.82) is 0 Å². The van der Waals surface area contributed by atoms with Crippen LogP contribution in [0.4, 0.5) is 0 Å². The Balaban J connectivity index is 1.48. The second-order valence-electron chi connectivity index (χ2n) is 9.09. The molecule has 5 nitrogen and oxygen atoms in total. The van der Waals surface area contributed by atoms with Crippen molar-refractivity contribution >= 4 is 54.3 Å². The molecule has 178 valence electrons. The van der Waals surface area contributed by atoms with Gasteiger partial charge < -0.3 is 4.42 Å². The molecule has 8 rings (SSSR count). The molecule has 0 saturated heterocycles. The number of hydrogen-bond donors (Lipinski definition) is 0. The second kappa shape index (κ2) is 8.30. The molecule has 0 aliphatic heterocycles. The number of pyridine rings is 2. The maximum atomic E-state index is 6.31. The molecule has 0 unspecified atom stereocenters. The van der Waals surface area contributed by atoms with E-state index in [1.165, 1.54) is 0 Å². The lowest BCUT2D eigenvalue weighted by molar-refractivity contribution is 0.620. The first kappa shape index (κ1) is 21.2. The molecule has 38 heavy (non-hydrogen) atoms. The van der Waals surface area contributed by atoms with Crippen molar-refractivity contribution in [2.75, 3.05) is 0 Å². The zero-order valence-corrected chi connectivity index (χ0v) is 20.8. The Morgan fingerprint density at radius 1 is 0.526 bits per heavy atom. The van der Waals surface area contributed by atoms with Crippen LogP contribution in [0.2, 0.25) is 0 Å². The molecule has 8 aromatic rings. The summed E-state index contributed by atoms with van der Waals surface area (Å²) in [5.74, 6) is 0.530. The quantitative estimate of drug-likeness (QED) is 0.240. The number of para-hydroxylation sites is 4. The number of aromatic nitrogens is 4. The standard InChI is InChI=1S/C32H18N4OS/c1-4-12-22-19(9-1)17-18-25(33-22)29-21-11-3-2-10-20(21)28(31-34-23-13-5-7-15-26(23)37-31)30(36-29)32-35-24-14-6-8-16-27(24)38-32/h1-18H. The molecule has 0 radical (unpaired) electrons. The molecule has 0 saturated carbocycles. The van der Waals surface area contributed by atoms with Gasteiger partial charge in [0.25, 0.3) is 0 Å². The molecule has 4 heterocycles. The third-order valence-corrected chi connectivity index (χ3v) is 7.80. The van der Waals surface area contributed by atoms with E-state index in [0.717, 1.165) is 70.6 Å². The van der Waals surface area contributed by atoms with Gasteiger partial charge in [-0.25, -0.2) is 19.9 Å². The monoisotopic (exact) mass is 506 g/mol. The number of benzene rings is 4. The van der Waals surface area contributed by atoms with Crippen molar-refractivity contribution in [3.05, 3.63) is 109 Å². The first-order valence-electron chi connectivity index (χ1n) is 12.3. The summed E-state index contributed by atoms with van der Waals surface area (Å²) in [5, 5.41) is 3.89. The summed E-state index contributed by atoms with van der Waals surface area (Å²) in [6.45, 7) is 0. The van der Waals surface area contributed by atoms with E-state index in [9.17, 15) is 0 Å². The SMILES string of the molecule is c1ccc2nc(-c3nc(-c4nc5ccccc5s4)c(-c4nc5ccccc5o4)c4ccccc34)ccc2c1. The van der Waals surface area contributed by atoms with Crippen molar-refractivity contribution in [2.45, 2.75) is 0 Å². The van der Waals surface area contributed by atoms with Gasteiger partial charge >= 0.3 is 0 Å². The maximum Gasteiger partial charge on any atom is 0.230 e. The zero-order chi connectivity index (χ0) is 25.1. The lowest BCUT2D eigenvalue weighted by Gasteiger charge is -2.13. The maximum absolute atomic E-state index is 6.31. The second-order valence-corrected chi connectivity index (χ2v) is 10.1. The number of nitrogens with zero attached hydrogens (tertiary/aromatic N) is 4. The zero-order valence-electron chi connectivity index (χ0n) is 20.0. The predicted molar refractivity (Wildman–Crippen MR) is 154 cm³/mol. The third-order valence-electron chi connectivity index (χ3n) is 6.76. The smallest absolute Gasteiger partial charge is 0.230 e. The lowest BCUT2D eigenvalue weighted by atomic mass is 9.99. The van der Waals surface area contributed by atoms with Crippen LogP contribution in [0.5, 0.6) is 0 Å². The number of thiazole rings is 1. The Morgan fingerprint density at radius 3 is 2.13 bits per heavy atom. The van der Waals surface area contributed by atoms with E-state index in [1.807, 2.05) is 78.9 Å². The van der Waals surface area contributed by atoms with Crippen LogP contribution < -0.4 is 0 Å². The molecule has 0 spiro atoms. The fourth-order valence-electron chi connectivity index (χ4n) is 4.98. The third kappa shape index (κ3) is 3.31. The molecule has 6 heteroatoms. The van der Waals surface area contributed by atoms with Crippen LogP contribution in [-0.4, -0.2) is 19.9 Å². The molecule has 0 amide bonds. The topological polar surface area (TPSA) is 64.7 Å². The number of rotatable bonds is 3. The normalized spacial score (nSPS) is 11.7. The molecular formula is C32H18N4OS. The molecule has 0 N–H and O–H groups in total. The summed E-state index contributed by atoms with van der Waals surface area (Å²) in [6.07, 6.45) is 0. The number of fused-ring (bicyclic) bond motifs is 4. The minimum atomic E-state index is 0.530. The van der Waals surface area contributed by atoms with E-state index in [1.54, 1.807) is 11.3 Å². The Hall–Kier alpha value is -4.94. The number of hydrogen-bond acceptors (Lipinski definition) is 6. The molecule has 0 fully saturated rings. The van der Waals surface area contributed by atoms with E-state index >= 15 is 0 Å². The van der Waals surface area contributed by atoms with Crippen LogP contribution in [0.25, 0.3) is 76.5 Å². The molecule has 0 bridgehead atoms. The van der Waals surface area contributed by atoms with E-state index in [-0.39, 0.29) is 0 Å². The molecule has 4 aromatic heterocycles.